The Morgan fingerprint density at radius 2 is 1.74 bits per heavy atom. The lowest BCUT2D eigenvalue weighted by Crippen LogP contribution is -2.39. The van der Waals surface area contributed by atoms with E-state index in [4.69, 9.17) is 26.1 Å². The molecule has 1 aromatic carbocycles. The van der Waals surface area contributed by atoms with E-state index in [0.717, 1.165) is 36.8 Å². The predicted molar refractivity (Wildman–Crippen MR) is 144 cm³/mol. The van der Waals surface area contributed by atoms with Crippen molar-refractivity contribution in [3.63, 3.8) is 0 Å². The number of aliphatic hydroxyl groups is 1. The summed E-state index contributed by atoms with van der Waals surface area (Å²) in [6, 6.07) is 7.72. The third-order valence-corrected chi connectivity index (χ3v) is 7.94. The minimum atomic E-state index is -0.0281. The Labute approximate surface area is 216 Å². The molecule has 1 aliphatic heterocycles. The molecule has 0 bridgehead atoms. The highest BCUT2D eigenvalue weighted by molar-refractivity contribution is 8.26. The molecule has 2 fully saturated rings. The Morgan fingerprint density at radius 3 is 2.37 bits per heavy atom. The monoisotopic (exact) mass is 515 g/mol. The van der Waals surface area contributed by atoms with Crippen LogP contribution in [0.25, 0.3) is 17.4 Å². The number of carbonyl (C=O) groups excluding carboxylic acids is 1. The van der Waals surface area contributed by atoms with Gasteiger partial charge < -0.3 is 19.0 Å². The van der Waals surface area contributed by atoms with Crippen LogP contribution in [-0.2, 0) is 11.2 Å². The number of thioether (sulfide) groups is 1. The molecule has 0 spiro atoms. The first kappa shape index (κ1) is 25.8. The second-order valence-electron chi connectivity index (χ2n) is 8.98. The van der Waals surface area contributed by atoms with Crippen LogP contribution in [0.5, 0.6) is 11.5 Å². The molecule has 2 aromatic rings. The van der Waals surface area contributed by atoms with Crippen LogP contribution in [0, 0.1) is 0 Å². The van der Waals surface area contributed by atoms with Crippen molar-refractivity contribution in [2.24, 2.45) is 0 Å². The summed E-state index contributed by atoms with van der Waals surface area (Å²) in [6.45, 7) is 0.0801. The molecular formula is C27H33NO5S2. The zero-order valence-corrected chi connectivity index (χ0v) is 22.0. The highest BCUT2D eigenvalue weighted by Crippen LogP contribution is 2.39. The van der Waals surface area contributed by atoms with Crippen LogP contribution in [0.15, 0.2) is 33.6 Å². The first-order chi connectivity index (χ1) is 17.0. The van der Waals surface area contributed by atoms with Gasteiger partial charge in [0.1, 0.15) is 27.3 Å². The van der Waals surface area contributed by atoms with Gasteiger partial charge in [0, 0.05) is 30.4 Å². The van der Waals surface area contributed by atoms with Crippen LogP contribution < -0.4 is 9.47 Å². The van der Waals surface area contributed by atoms with Crippen molar-refractivity contribution in [1.29, 1.82) is 0 Å². The minimum Gasteiger partial charge on any atom is -0.497 e. The van der Waals surface area contributed by atoms with Crippen LogP contribution in [-0.4, -0.2) is 47.1 Å². The van der Waals surface area contributed by atoms with Gasteiger partial charge in [-0.1, -0.05) is 56.1 Å². The fourth-order valence-electron chi connectivity index (χ4n) is 4.73. The Balaban J connectivity index is 1.65. The molecular weight excluding hydrogens is 482 g/mol. The number of thiocarbonyl (C=S) groups is 1. The summed E-state index contributed by atoms with van der Waals surface area (Å²) in [5, 5.41) is 9.40. The van der Waals surface area contributed by atoms with Crippen LogP contribution in [0.4, 0.5) is 0 Å². The lowest BCUT2D eigenvalue weighted by Gasteiger charge is -2.28. The number of amides is 1. The van der Waals surface area contributed by atoms with E-state index in [1.165, 1.54) is 31.0 Å². The first-order valence-electron chi connectivity index (χ1n) is 12.3. The molecule has 2 aliphatic rings. The summed E-state index contributed by atoms with van der Waals surface area (Å²) in [5.41, 5.74) is 1.75. The van der Waals surface area contributed by atoms with E-state index in [9.17, 15) is 9.90 Å². The van der Waals surface area contributed by atoms with E-state index in [0.29, 0.717) is 45.1 Å². The summed E-state index contributed by atoms with van der Waals surface area (Å²) >= 11 is 7.00. The molecule has 4 rings (SSSR count). The molecule has 1 aromatic heterocycles. The number of hydrogen-bond donors (Lipinski definition) is 1. The van der Waals surface area contributed by atoms with Gasteiger partial charge in [-0.3, -0.25) is 9.69 Å². The zero-order valence-electron chi connectivity index (χ0n) is 20.4. The standard InChI is InChI=1S/C27H33NO5S2/c1-31-21-13-19(14-22(16-21)32-2)23-15-18(9-8-12-29)24(33-23)17-25-26(30)28(27(34)35-25)20-10-6-4-3-5-7-11-20/h13-17,20,29H,3-12H2,1-2H3. The molecule has 1 N–H and O–H groups in total. The topological polar surface area (TPSA) is 72.1 Å². The first-order valence-corrected chi connectivity index (χ1v) is 13.5. The van der Waals surface area contributed by atoms with Crippen LogP contribution in [0.2, 0.25) is 0 Å². The van der Waals surface area contributed by atoms with E-state index in [1.807, 2.05) is 29.2 Å². The summed E-state index contributed by atoms with van der Waals surface area (Å²) in [7, 11) is 3.22. The average molecular weight is 516 g/mol. The van der Waals surface area contributed by atoms with Gasteiger partial charge in [-0.15, -0.1) is 0 Å². The molecule has 0 unspecified atom stereocenters. The van der Waals surface area contributed by atoms with Crippen molar-refractivity contribution < 1.29 is 23.8 Å². The van der Waals surface area contributed by atoms with Crippen LogP contribution >= 0.6 is 24.0 Å². The smallest absolute Gasteiger partial charge is 0.266 e. The maximum absolute atomic E-state index is 13.4. The maximum atomic E-state index is 13.4. The van der Waals surface area contributed by atoms with Crippen molar-refractivity contribution >= 4 is 40.3 Å². The van der Waals surface area contributed by atoms with Gasteiger partial charge in [-0.2, -0.15) is 0 Å². The molecule has 1 aliphatic carbocycles. The number of benzene rings is 1. The highest BCUT2D eigenvalue weighted by Gasteiger charge is 2.37. The van der Waals surface area contributed by atoms with Gasteiger partial charge in [0.15, 0.2) is 0 Å². The van der Waals surface area contributed by atoms with Gasteiger partial charge in [0.25, 0.3) is 5.91 Å². The highest BCUT2D eigenvalue weighted by atomic mass is 32.2. The van der Waals surface area contributed by atoms with E-state index in [1.54, 1.807) is 20.3 Å². The van der Waals surface area contributed by atoms with Gasteiger partial charge in [-0.25, -0.2) is 0 Å². The third-order valence-electron chi connectivity index (χ3n) is 6.61. The van der Waals surface area contributed by atoms with Crippen LogP contribution in [0.3, 0.4) is 0 Å². The third kappa shape index (κ3) is 6.11. The van der Waals surface area contributed by atoms with Gasteiger partial charge in [-0.05, 0) is 49.4 Å². The molecule has 6 nitrogen and oxygen atoms in total. The second kappa shape index (κ2) is 12.1. The molecule has 1 saturated heterocycles. The summed E-state index contributed by atoms with van der Waals surface area (Å²) in [6.07, 6.45) is 11.1. The fraction of sp³-hybridized carbons (Fsp3) is 0.481. The van der Waals surface area contributed by atoms with Gasteiger partial charge in [0.05, 0.1) is 19.1 Å². The van der Waals surface area contributed by atoms with Crippen molar-refractivity contribution in [3.05, 3.63) is 40.5 Å². The number of furan rings is 1. The Kier molecular flexibility index (Phi) is 8.92. The Bertz CT molecular complexity index is 1060. The second-order valence-corrected chi connectivity index (χ2v) is 10.7. The number of methoxy groups -OCH3 is 2. The van der Waals surface area contributed by atoms with Gasteiger partial charge in [0.2, 0.25) is 0 Å². The van der Waals surface area contributed by atoms with Crippen molar-refractivity contribution in [2.45, 2.75) is 63.8 Å². The van der Waals surface area contributed by atoms with E-state index >= 15 is 0 Å². The molecule has 1 amide bonds. The molecule has 188 valence electrons. The quantitative estimate of drug-likeness (QED) is 0.331. The van der Waals surface area contributed by atoms with E-state index < -0.39 is 0 Å². The van der Waals surface area contributed by atoms with Crippen molar-refractivity contribution in [3.8, 4) is 22.8 Å². The lowest BCUT2D eigenvalue weighted by atomic mass is 9.96. The molecule has 35 heavy (non-hydrogen) atoms. The number of rotatable bonds is 8. The molecule has 8 heteroatoms. The number of carbonyl (C=O) groups is 1. The van der Waals surface area contributed by atoms with E-state index in [2.05, 4.69) is 0 Å². The predicted octanol–water partition coefficient (Wildman–Crippen LogP) is 6.20. The van der Waals surface area contributed by atoms with E-state index in [-0.39, 0.29) is 18.6 Å². The number of aryl methyl sites for hydroxylation is 1. The summed E-state index contributed by atoms with van der Waals surface area (Å²) in [4.78, 5) is 15.8. The van der Waals surface area contributed by atoms with Crippen LogP contribution in [0.1, 0.15) is 62.7 Å². The lowest BCUT2D eigenvalue weighted by molar-refractivity contribution is -0.123. The number of ether oxygens (including phenoxy) is 2. The van der Waals surface area contributed by atoms with Crippen molar-refractivity contribution in [2.75, 3.05) is 20.8 Å². The van der Waals surface area contributed by atoms with Gasteiger partial charge >= 0.3 is 0 Å². The zero-order chi connectivity index (χ0) is 24.8. The fourth-order valence-corrected chi connectivity index (χ4v) is 6.10. The number of aliphatic hydroxyl groups excluding tert-OH is 1. The minimum absolute atomic E-state index is 0.0281. The SMILES string of the molecule is COc1cc(OC)cc(-c2cc(CCCO)c(C=C3SC(=S)N(C4CCCCCCC4)C3=O)o2)c1. The Hall–Kier alpha value is -2.29. The normalized spacial score (nSPS) is 18.7. The molecule has 0 radical (unpaired) electrons. The average Bonchev–Trinajstić information content (AvgIpc) is 3.37. The molecule has 2 heterocycles. The maximum Gasteiger partial charge on any atom is 0.266 e. The van der Waals surface area contributed by atoms with Crippen molar-refractivity contribution in [1.82, 2.24) is 4.90 Å². The summed E-state index contributed by atoms with van der Waals surface area (Å²) < 4.78 is 17.7. The molecule has 1 saturated carbocycles. The number of hydrogen-bond acceptors (Lipinski definition) is 7. The summed E-state index contributed by atoms with van der Waals surface area (Å²) in [5.74, 6) is 2.56. The number of nitrogens with zero attached hydrogens (tertiary/aromatic N) is 1. The largest absolute Gasteiger partial charge is 0.497 e. The molecule has 0 atom stereocenters. The Morgan fingerprint density at radius 1 is 1.09 bits per heavy atom.